The number of likely N-dealkylation sites (tertiary alicyclic amines) is 1. The van der Waals surface area contributed by atoms with Crippen LogP contribution in [-0.4, -0.2) is 38.8 Å². The molecule has 2 aliphatic rings. The molecule has 1 fully saturated rings. The quantitative estimate of drug-likeness (QED) is 0.766. The molecule has 2 aromatic rings. The molecule has 0 radical (unpaired) electrons. The molecule has 0 saturated carbocycles. The van der Waals surface area contributed by atoms with Gasteiger partial charge in [0.1, 0.15) is 11.8 Å². The first-order valence-corrected chi connectivity index (χ1v) is 10.8. The van der Waals surface area contributed by atoms with E-state index in [4.69, 9.17) is 14.2 Å². The molecule has 2 aromatic carbocycles. The van der Waals surface area contributed by atoms with Gasteiger partial charge >= 0.3 is 0 Å². The van der Waals surface area contributed by atoms with Gasteiger partial charge in [0, 0.05) is 31.4 Å². The smallest absolute Gasteiger partial charge is 0.278 e. The van der Waals surface area contributed by atoms with E-state index < -0.39 is 0 Å². The third-order valence-corrected chi connectivity index (χ3v) is 6.16. The molecular weight excluding hydrogens is 380 g/mol. The van der Waals surface area contributed by atoms with E-state index in [0.717, 1.165) is 48.6 Å². The van der Waals surface area contributed by atoms with E-state index >= 15 is 0 Å². The van der Waals surface area contributed by atoms with E-state index in [1.807, 2.05) is 37.3 Å². The lowest BCUT2D eigenvalue weighted by molar-refractivity contribution is -0.932. The van der Waals surface area contributed by atoms with Crippen molar-refractivity contribution in [3.8, 4) is 17.2 Å². The number of methoxy groups -OCH3 is 1. The Morgan fingerprint density at radius 3 is 2.67 bits per heavy atom. The number of hydrogen-bond donors (Lipinski definition) is 2. The second kappa shape index (κ2) is 9.39. The second-order valence-electron chi connectivity index (χ2n) is 8.06. The van der Waals surface area contributed by atoms with E-state index in [1.54, 1.807) is 7.11 Å². The number of carbonyl (C=O) groups excluding carboxylic acids is 1. The summed E-state index contributed by atoms with van der Waals surface area (Å²) in [5, 5.41) is 3.10. The molecule has 30 heavy (non-hydrogen) atoms. The number of ether oxygens (including phenoxy) is 3. The molecule has 2 aliphatic heterocycles. The second-order valence-corrected chi connectivity index (χ2v) is 8.06. The fourth-order valence-corrected chi connectivity index (χ4v) is 4.42. The summed E-state index contributed by atoms with van der Waals surface area (Å²) in [6, 6.07) is 14.2. The number of benzene rings is 2. The third-order valence-electron chi connectivity index (χ3n) is 6.16. The summed E-state index contributed by atoms with van der Waals surface area (Å²) in [6.45, 7) is 4.92. The lowest BCUT2D eigenvalue weighted by atomic mass is 10.0. The average Bonchev–Trinajstić information content (AvgIpc) is 3.15. The third kappa shape index (κ3) is 4.54. The lowest BCUT2D eigenvalue weighted by Gasteiger charge is -2.27. The molecule has 1 amide bonds. The molecular formula is C24H31N2O4+. The first-order valence-electron chi connectivity index (χ1n) is 10.8. The molecule has 1 unspecified atom stereocenters. The van der Waals surface area contributed by atoms with Gasteiger partial charge in [-0.25, -0.2) is 0 Å². The van der Waals surface area contributed by atoms with Crippen LogP contribution >= 0.6 is 0 Å². The molecule has 0 aliphatic carbocycles. The van der Waals surface area contributed by atoms with Gasteiger partial charge < -0.3 is 24.4 Å². The van der Waals surface area contributed by atoms with Crippen molar-refractivity contribution in [2.45, 2.75) is 44.8 Å². The van der Waals surface area contributed by atoms with Crippen LogP contribution in [0.5, 0.6) is 17.2 Å². The maximum Gasteiger partial charge on any atom is 0.278 e. The van der Waals surface area contributed by atoms with Crippen LogP contribution in [0.2, 0.25) is 0 Å². The molecule has 2 N–H and O–H groups in total. The summed E-state index contributed by atoms with van der Waals surface area (Å²) in [4.78, 5) is 14.2. The molecule has 0 spiro atoms. The Labute approximate surface area is 178 Å². The molecule has 2 heterocycles. The van der Waals surface area contributed by atoms with Crippen molar-refractivity contribution in [3.63, 3.8) is 0 Å². The van der Waals surface area contributed by atoms with E-state index in [-0.39, 0.29) is 11.9 Å². The number of hydrogen-bond acceptors (Lipinski definition) is 4. The van der Waals surface area contributed by atoms with Crippen molar-refractivity contribution in [2.24, 2.45) is 0 Å². The maximum absolute atomic E-state index is 12.9. The Morgan fingerprint density at radius 1 is 1.13 bits per heavy atom. The van der Waals surface area contributed by atoms with E-state index in [9.17, 15) is 4.79 Å². The van der Waals surface area contributed by atoms with Gasteiger partial charge in [-0.05, 0) is 42.8 Å². The van der Waals surface area contributed by atoms with Gasteiger partial charge in [-0.1, -0.05) is 12.1 Å². The molecule has 0 bridgehead atoms. The largest absolute Gasteiger partial charge is 0.497 e. The molecule has 6 nitrogen and oxygen atoms in total. The zero-order valence-electron chi connectivity index (χ0n) is 17.8. The minimum absolute atomic E-state index is 0.0852. The highest BCUT2D eigenvalue weighted by atomic mass is 16.5. The molecule has 0 aromatic heterocycles. The average molecular weight is 412 g/mol. The van der Waals surface area contributed by atoms with E-state index in [1.165, 1.54) is 10.5 Å². The maximum atomic E-state index is 12.9. The Balaban J connectivity index is 1.40. The van der Waals surface area contributed by atoms with Crippen LogP contribution in [0.1, 0.15) is 43.4 Å². The van der Waals surface area contributed by atoms with E-state index in [2.05, 4.69) is 17.4 Å². The normalized spacial score (nSPS) is 21.5. The van der Waals surface area contributed by atoms with Crippen molar-refractivity contribution in [3.05, 3.63) is 53.6 Å². The molecule has 3 atom stereocenters. The Morgan fingerprint density at radius 2 is 1.90 bits per heavy atom. The first-order chi connectivity index (χ1) is 14.7. The Hall–Kier alpha value is -2.73. The minimum Gasteiger partial charge on any atom is -0.497 e. The molecule has 1 saturated heterocycles. The summed E-state index contributed by atoms with van der Waals surface area (Å²) in [7, 11) is 1.65. The number of carbonyl (C=O) groups is 1. The van der Waals surface area contributed by atoms with Crippen LogP contribution in [0.15, 0.2) is 42.5 Å². The summed E-state index contributed by atoms with van der Waals surface area (Å²) in [5.41, 5.74) is 2.29. The van der Waals surface area contributed by atoms with Crippen LogP contribution in [0.25, 0.3) is 0 Å². The molecule has 160 valence electrons. The van der Waals surface area contributed by atoms with E-state index in [0.29, 0.717) is 25.8 Å². The van der Waals surface area contributed by atoms with Gasteiger partial charge in [-0.2, -0.15) is 0 Å². The van der Waals surface area contributed by atoms with Gasteiger partial charge in [0.25, 0.3) is 5.91 Å². The van der Waals surface area contributed by atoms with Gasteiger partial charge in [0.05, 0.1) is 26.9 Å². The predicted octanol–water partition coefficient (Wildman–Crippen LogP) is 2.28. The SMILES string of the molecule is COc1ccc(CNC(=O)[C@H](C)[NH+]2CCC[C@@H]2c2ccc3c(c2)OCCCO3)cc1. The van der Waals surface area contributed by atoms with Crippen LogP contribution in [0.3, 0.4) is 0 Å². The zero-order valence-corrected chi connectivity index (χ0v) is 17.8. The summed E-state index contributed by atoms with van der Waals surface area (Å²) >= 11 is 0. The van der Waals surface area contributed by atoms with Crippen molar-refractivity contribution < 1.29 is 23.9 Å². The summed E-state index contributed by atoms with van der Waals surface area (Å²) in [5.74, 6) is 2.55. The van der Waals surface area contributed by atoms with Gasteiger partial charge in [0.2, 0.25) is 0 Å². The summed E-state index contributed by atoms with van der Waals surface area (Å²) in [6.07, 6.45) is 3.09. The molecule has 4 rings (SSSR count). The van der Waals surface area contributed by atoms with Crippen molar-refractivity contribution in [1.29, 1.82) is 0 Å². The minimum atomic E-state index is -0.119. The fraction of sp³-hybridized carbons (Fsp3) is 0.458. The van der Waals surface area contributed by atoms with Crippen LogP contribution in [-0.2, 0) is 11.3 Å². The van der Waals surface area contributed by atoms with Crippen LogP contribution in [0.4, 0.5) is 0 Å². The lowest BCUT2D eigenvalue weighted by Crippen LogP contribution is -3.15. The highest BCUT2D eigenvalue weighted by Gasteiger charge is 2.37. The van der Waals surface area contributed by atoms with Gasteiger partial charge in [-0.15, -0.1) is 0 Å². The van der Waals surface area contributed by atoms with Gasteiger partial charge in [-0.3, -0.25) is 4.79 Å². The Kier molecular flexibility index (Phi) is 6.43. The van der Waals surface area contributed by atoms with Crippen molar-refractivity contribution in [2.75, 3.05) is 26.9 Å². The van der Waals surface area contributed by atoms with Crippen LogP contribution in [0, 0.1) is 0 Å². The number of amides is 1. The van der Waals surface area contributed by atoms with Crippen molar-refractivity contribution >= 4 is 5.91 Å². The molecule has 6 heteroatoms. The zero-order chi connectivity index (χ0) is 20.9. The number of rotatable bonds is 6. The standard InChI is InChI=1S/C24H30N2O4/c1-17(24(27)25-16-18-6-9-20(28-2)10-7-18)26-12-3-5-21(26)19-8-11-22-23(15-19)30-14-4-13-29-22/h6-11,15,17,21H,3-5,12-14,16H2,1-2H3,(H,25,27)/p+1/t17-,21+/m0/s1. The summed E-state index contributed by atoms with van der Waals surface area (Å²) < 4.78 is 16.8. The number of quaternary nitrogens is 1. The highest BCUT2D eigenvalue weighted by molar-refractivity contribution is 5.79. The highest BCUT2D eigenvalue weighted by Crippen LogP contribution is 2.33. The number of nitrogens with one attached hydrogen (secondary N) is 2. The Bertz CT molecular complexity index is 868. The fourth-order valence-electron chi connectivity index (χ4n) is 4.42. The van der Waals surface area contributed by atoms with Gasteiger partial charge in [0.15, 0.2) is 17.5 Å². The first kappa shape index (κ1) is 20.5. The number of fused-ring (bicyclic) bond motifs is 1. The monoisotopic (exact) mass is 411 g/mol. The van der Waals surface area contributed by atoms with Crippen LogP contribution < -0.4 is 24.4 Å². The topological polar surface area (TPSA) is 61.2 Å². The van der Waals surface area contributed by atoms with Crippen molar-refractivity contribution in [1.82, 2.24) is 5.32 Å². The predicted molar refractivity (Wildman–Crippen MR) is 114 cm³/mol.